The Bertz CT molecular complexity index is 761. The number of aliphatic carboxylic acids is 1. The smallest absolute Gasteiger partial charge is 0.313 e. The van der Waals surface area contributed by atoms with Crippen molar-refractivity contribution < 1.29 is 19.4 Å². The Morgan fingerprint density at radius 3 is 2.58 bits per heavy atom. The second-order valence-electron chi connectivity index (χ2n) is 5.58. The fraction of sp³-hybridized carbons (Fsp3) is 0.412. The molecule has 1 aromatic carbocycles. The van der Waals surface area contributed by atoms with Crippen molar-refractivity contribution >= 4 is 23.6 Å². The van der Waals surface area contributed by atoms with Crippen molar-refractivity contribution in [3.63, 3.8) is 0 Å². The van der Waals surface area contributed by atoms with E-state index in [0.29, 0.717) is 17.5 Å². The molecule has 1 unspecified atom stereocenters. The van der Waals surface area contributed by atoms with Crippen LogP contribution < -0.4 is 10.1 Å². The highest BCUT2D eigenvalue weighted by Crippen LogP contribution is 2.20. The number of nitrogens with one attached hydrogen (secondary N) is 1. The van der Waals surface area contributed by atoms with E-state index in [9.17, 15) is 9.59 Å². The molecule has 0 radical (unpaired) electrons. The van der Waals surface area contributed by atoms with E-state index in [0.717, 1.165) is 23.1 Å². The van der Waals surface area contributed by atoms with Gasteiger partial charge < -0.3 is 19.7 Å². The first-order valence-electron chi connectivity index (χ1n) is 8.14. The SMILES string of the molecule is CCn1c(SCC(=O)O)nnc1C(C)NC(=O)Cc1ccc(OC)cc1. The number of ether oxygens (including phenoxy) is 1. The first-order chi connectivity index (χ1) is 12.4. The topological polar surface area (TPSA) is 106 Å². The predicted molar refractivity (Wildman–Crippen MR) is 97.3 cm³/mol. The van der Waals surface area contributed by atoms with Crippen molar-refractivity contribution in [2.75, 3.05) is 12.9 Å². The van der Waals surface area contributed by atoms with Crippen LogP contribution in [0.4, 0.5) is 0 Å². The number of hydrogen-bond donors (Lipinski definition) is 2. The Labute approximate surface area is 156 Å². The van der Waals surface area contributed by atoms with Crippen molar-refractivity contribution in [2.24, 2.45) is 0 Å². The molecule has 26 heavy (non-hydrogen) atoms. The molecule has 0 spiro atoms. The molecule has 0 saturated heterocycles. The third kappa shape index (κ3) is 5.22. The maximum atomic E-state index is 12.3. The maximum Gasteiger partial charge on any atom is 0.313 e. The van der Waals surface area contributed by atoms with E-state index >= 15 is 0 Å². The number of carbonyl (C=O) groups excluding carboxylic acids is 1. The van der Waals surface area contributed by atoms with E-state index in [-0.39, 0.29) is 24.1 Å². The zero-order valence-corrected chi connectivity index (χ0v) is 15.7. The molecule has 1 heterocycles. The van der Waals surface area contributed by atoms with Crippen LogP contribution in [0.5, 0.6) is 5.75 Å². The van der Waals surface area contributed by atoms with Crippen molar-refractivity contribution in [1.29, 1.82) is 0 Å². The highest BCUT2D eigenvalue weighted by Gasteiger charge is 2.19. The van der Waals surface area contributed by atoms with E-state index < -0.39 is 5.97 Å². The zero-order valence-electron chi connectivity index (χ0n) is 14.9. The van der Waals surface area contributed by atoms with E-state index in [1.807, 2.05) is 42.7 Å². The predicted octanol–water partition coefficient (Wildman–Crippen LogP) is 1.90. The Hall–Kier alpha value is -2.55. The van der Waals surface area contributed by atoms with E-state index in [1.165, 1.54) is 0 Å². The fourth-order valence-electron chi connectivity index (χ4n) is 2.44. The van der Waals surface area contributed by atoms with E-state index in [4.69, 9.17) is 9.84 Å². The van der Waals surface area contributed by atoms with Gasteiger partial charge in [0.05, 0.1) is 25.3 Å². The third-order valence-corrected chi connectivity index (χ3v) is 4.63. The summed E-state index contributed by atoms with van der Waals surface area (Å²) in [5.41, 5.74) is 0.880. The lowest BCUT2D eigenvalue weighted by molar-refractivity contribution is -0.134. The van der Waals surface area contributed by atoms with Gasteiger partial charge in [0.1, 0.15) is 5.75 Å². The van der Waals surface area contributed by atoms with Crippen LogP contribution in [0, 0.1) is 0 Å². The molecular weight excluding hydrogens is 356 g/mol. The number of carboxylic acid groups (broad SMARTS) is 1. The first kappa shape index (κ1) is 19.8. The van der Waals surface area contributed by atoms with E-state index in [2.05, 4.69) is 15.5 Å². The van der Waals surface area contributed by atoms with Crippen LogP contribution in [-0.2, 0) is 22.6 Å². The second kappa shape index (κ2) is 9.23. The number of methoxy groups -OCH3 is 1. The van der Waals surface area contributed by atoms with Crippen LogP contribution in [0.1, 0.15) is 31.3 Å². The number of rotatable bonds is 9. The molecule has 0 aliphatic carbocycles. The summed E-state index contributed by atoms with van der Waals surface area (Å²) in [6.07, 6.45) is 0.245. The Balaban J connectivity index is 2.00. The van der Waals surface area contributed by atoms with Crippen molar-refractivity contribution in [3.8, 4) is 5.75 Å². The van der Waals surface area contributed by atoms with Gasteiger partial charge in [-0.3, -0.25) is 9.59 Å². The molecule has 2 N–H and O–H groups in total. The van der Waals surface area contributed by atoms with Gasteiger partial charge in [-0.1, -0.05) is 23.9 Å². The van der Waals surface area contributed by atoms with Gasteiger partial charge in [-0.2, -0.15) is 0 Å². The Morgan fingerprint density at radius 2 is 2.00 bits per heavy atom. The zero-order chi connectivity index (χ0) is 19.1. The third-order valence-electron chi connectivity index (χ3n) is 3.67. The lowest BCUT2D eigenvalue weighted by Crippen LogP contribution is -2.30. The van der Waals surface area contributed by atoms with Gasteiger partial charge in [-0.05, 0) is 31.5 Å². The molecule has 0 fully saturated rings. The molecule has 2 rings (SSSR count). The molecule has 0 aliphatic rings. The van der Waals surface area contributed by atoms with Gasteiger partial charge in [-0.25, -0.2) is 0 Å². The number of benzene rings is 1. The monoisotopic (exact) mass is 378 g/mol. The van der Waals surface area contributed by atoms with Crippen molar-refractivity contribution in [3.05, 3.63) is 35.7 Å². The van der Waals surface area contributed by atoms with E-state index in [1.54, 1.807) is 7.11 Å². The number of carboxylic acids is 1. The molecule has 0 saturated carbocycles. The van der Waals surface area contributed by atoms with Crippen LogP contribution in [-0.4, -0.2) is 44.6 Å². The van der Waals surface area contributed by atoms with Crippen LogP contribution in [0.15, 0.2) is 29.4 Å². The average molecular weight is 378 g/mol. The average Bonchev–Trinajstić information content (AvgIpc) is 3.03. The maximum absolute atomic E-state index is 12.3. The summed E-state index contributed by atoms with van der Waals surface area (Å²) in [6.45, 7) is 4.33. The fourth-order valence-corrected chi connectivity index (χ4v) is 3.17. The first-order valence-corrected chi connectivity index (χ1v) is 9.13. The van der Waals surface area contributed by atoms with Crippen LogP contribution >= 0.6 is 11.8 Å². The Kier molecular flexibility index (Phi) is 7.02. The molecule has 1 atom stereocenters. The molecule has 8 nitrogen and oxygen atoms in total. The number of thioether (sulfide) groups is 1. The second-order valence-corrected chi connectivity index (χ2v) is 6.52. The Morgan fingerprint density at radius 1 is 1.31 bits per heavy atom. The number of carbonyl (C=O) groups is 2. The molecule has 1 aromatic heterocycles. The molecular formula is C17H22N4O4S. The van der Waals surface area contributed by atoms with Gasteiger partial charge in [0.15, 0.2) is 11.0 Å². The van der Waals surface area contributed by atoms with Gasteiger partial charge in [-0.15, -0.1) is 10.2 Å². The largest absolute Gasteiger partial charge is 0.497 e. The van der Waals surface area contributed by atoms with Gasteiger partial charge in [0.25, 0.3) is 0 Å². The lowest BCUT2D eigenvalue weighted by Gasteiger charge is -2.15. The van der Waals surface area contributed by atoms with Gasteiger partial charge in [0.2, 0.25) is 5.91 Å². The standard InChI is InChI=1S/C17H22N4O4S/c1-4-21-16(19-20-17(21)26-10-15(23)24)11(2)18-14(22)9-12-5-7-13(25-3)8-6-12/h5-8,11H,4,9-10H2,1-3H3,(H,18,22)(H,23,24). The highest BCUT2D eigenvalue weighted by atomic mass is 32.2. The molecule has 140 valence electrons. The minimum Gasteiger partial charge on any atom is -0.497 e. The number of nitrogens with zero attached hydrogens (tertiary/aromatic N) is 3. The number of hydrogen-bond acceptors (Lipinski definition) is 6. The quantitative estimate of drug-likeness (QED) is 0.642. The minimum atomic E-state index is -0.914. The summed E-state index contributed by atoms with van der Waals surface area (Å²) in [5, 5.41) is 20.4. The number of amides is 1. The minimum absolute atomic E-state index is 0.0870. The summed E-state index contributed by atoms with van der Waals surface area (Å²) < 4.78 is 6.91. The normalized spacial score (nSPS) is 11.8. The molecule has 0 aliphatic heterocycles. The molecule has 0 bridgehead atoms. The van der Waals surface area contributed by atoms with Gasteiger partial charge in [0, 0.05) is 6.54 Å². The summed E-state index contributed by atoms with van der Waals surface area (Å²) in [5.74, 6) is 0.209. The van der Waals surface area contributed by atoms with Crippen LogP contribution in [0.25, 0.3) is 0 Å². The highest BCUT2D eigenvalue weighted by molar-refractivity contribution is 7.99. The van der Waals surface area contributed by atoms with Crippen molar-refractivity contribution in [2.45, 2.75) is 38.0 Å². The summed E-state index contributed by atoms with van der Waals surface area (Å²) in [6, 6.07) is 6.97. The molecule has 9 heteroatoms. The molecule has 1 amide bonds. The summed E-state index contributed by atoms with van der Waals surface area (Å²) in [7, 11) is 1.59. The van der Waals surface area contributed by atoms with Gasteiger partial charge >= 0.3 is 5.97 Å². The molecule has 2 aromatic rings. The van der Waals surface area contributed by atoms with Crippen LogP contribution in [0.2, 0.25) is 0 Å². The van der Waals surface area contributed by atoms with Crippen molar-refractivity contribution in [1.82, 2.24) is 20.1 Å². The number of aromatic nitrogens is 3. The summed E-state index contributed by atoms with van der Waals surface area (Å²) >= 11 is 1.11. The van der Waals surface area contributed by atoms with Crippen LogP contribution in [0.3, 0.4) is 0 Å². The lowest BCUT2D eigenvalue weighted by atomic mass is 10.1. The summed E-state index contributed by atoms with van der Waals surface area (Å²) in [4.78, 5) is 23.0.